The molecule has 0 aromatic rings. The van der Waals surface area contributed by atoms with Crippen LogP contribution >= 0.6 is 0 Å². The number of carbonyl (C=O) groups excluding carboxylic acids is 2. The van der Waals surface area contributed by atoms with Crippen molar-refractivity contribution in [3.05, 3.63) is 0 Å². The van der Waals surface area contributed by atoms with Crippen LogP contribution in [0.25, 0.3) is 0 Å². The normalized spacial score (nSPS) is 15.7. The minimum atomic E-state index is -1.10. The molecular weight excluding hydrogens is 380 g/mol. The molecule has 11 heteroatoms. The van der Waals surface area contributed by atoms with E-state index in [-0.39, 0.29) is 26.4 Å². The number of methoxy groups -OCH3 is 6. The summed E-state index contributed by atoms with van der Waals surface area (Å²) in [4.78, 5) is 23.9. The highest BCUT2D eigenvalue weighted by atomic mass is 16.7. The average molecular weight is 412 g/mol. The van der Waals surface area contributed by atoms with Crippen LogP contribution in [-0.4, -0.2) is 104 Å². The highest BCUT2D eigenvalue weighted by Gasteiger charge is 2.36. The SMILES string of the molecule is COCO[C@H](C(=O)OC)[C@@H](CC(O)C[C@@H](OC)[C@H](OCOC)C(=O)OC)OC. The molecule has 0 radical (unpaired) electrons. The third kappa shape index (κ3) is 9.24. The standard InChI is InChI=1S/C17H32O11/c1-21-9-27-14(16(19)25-5)12(23-3)7-11(18)8-13(24-4)15(17(20)26-6)28-10-22-2/h11-15,18H,7-10H2,1-6H3/t12-,13-,14+,15+/m1/s1. The Labute approximate surface area is 165 Å². The predicted molar refractivity (Wildman–Crippen MR) is 94.4 cm³/mol. The zero-order valence-electron chi connectivity index (χ0n) is 17.2. The highest BCUT2D eigenvalue weighted by molar-refractivity contribution is 5.75. The quantitative estimate of drug-likeness (QED) is 0.260. The molecule has 0 saturated heterocycles. The molecule has 0 bridgehead atoms. The van der Waals surface area contributed by atoms with E-state index < -0.39 is 42.5 Å². The highest BCUT2D eigenvalue weighted by Crippen LogP contribution is 2.19. The Bertz CT molecular complexity index is 393. The van der Waals surface area contributed by atoms with Crippen molar-refractivity contribution in [1.29, 1.82) is 0 Å². The summed E-state index contributed by atoms with van der Waals surface area (Å²) in [6.45, 7) is -0.322. The minimum absolute atomic E-state index is 0.00197. The van der Waals surface area contributed by atoms with Gasteiger partial charge >= 0.3 is 11.9 Å². The Morgan fingerprint density at radius 2 is 1.07 bits per heavy atom. The van der Waals surface area contributed by atoms with Gasteiger partial charge in [-0.05, 0) is 0 Å². The summed E-state index contributed by atoms with van der Waals surface area (Å²) in [6.07, 6.45) is -4.89. The Morgan fingerprint density at radius 1 is 0.714 bits per heavy atom. The lowest BCUT2D eigenvalue weighted by Crippen LogP contribution is -2.44. The molecule has 1 N–H and O–H groups in total. The molecule has 11 nitrogen and oxygen atoms in total. The number of rotatable bonds is 16. The molecule has 0 heterocycles. The third-order valence-electron chi connectivity index (χ3n) is 3.89. The molecule has 0 aliphatic heterocycles. The summed E-state index contributed by atoms with van der Waals surface area (Å²) in [6, 6.07) is 0. The molecule has 0 spiro atoms. The summed E-state index contributed by atoms with van der Waals surface area (Å²) in [7, 11) is 7.97. The van der Waals surface area contributed by atoms with Crippen LogP contribution in [0.5, 0.6) is 0 Å². The second-order valence-electron chi connectivity index (χ2n) is 5.71. The molecule has 0 fully saturated rings. The van der Waals surface area contributed by atoms with Crippen molar-refractivity contribution in [2.75, 3.05) is 56.2 Å². The molecule has 0 rings (SSSR count). The van der Waals surface area contributed by atoms with Gasteiger partial charge in [0.2, 0.25) is 0 Å². The molecule has 0 aromatic heterocycles. The maximum Gasteiger partial charge on any atom is 0.337 e. The van der Waals surface area contributed by atoms with E-state index in [1.54, 1.807) is 0 Å². The van der Waals surface area contributed by atoms with Gasteiger partial charge in [-0.3, -0.25) is 0 Å². The predicted octanol–water partition coefficient (Wildman–Crippen LogP) is -0.518. The minimum Gasteiger partial charge on any atom is -0.467 e. The molecule has 0 saturated carbocycles. The van der Waals surface area contributed by atoms with E-state index in [4.69, 9.17) is 37.9 Å². The Balaban J connectivity index is 5.10. The Hall–Kier alpha value is -1.34. The second kappa shape index (κ2) is 15.6. The fourth-order valence-electron chi connectivity index (χ4n) is 2.49. The molecule has 166 valence electrons. The Morgan fingerprint density at radius 3 is 1.32 bits per heavy atom. The third-order valence-corrected chi connectivity index (χ3v) is 3.89. The van der Waals surface area contributed by atoms with Gasteiger partial charge in [-0.25, -0.2) is 9.59 Å². The number of ether oxygens (including phenoxy) is 8. The van der Waals surface area contributed by atoms with E-state index in [2.05, 4.69) is 0 Å². The zero-order chi connectivity index (χ0) is 21.5. The first-order valence-electron chi connectivity index (χ1n) is 8.50. The van der Waals surface area contributed by atoms with Gasteiger partial charge in [-0.1, -0.05) is 0 Å². The van der Waals surface area contributed by atoms with E-state index in [1.807, 2.05) is 0 Å². The van der Waals surface area contributed by atoms with Gasteiger partial charge < -0.3 is 43.0 Å². The van der Waals surface area contributed by atoms with Crippen molar-refractivity contribution in [1.82, 2.24) is 0 Å². The van der Waals surface area contributed by atoms with E-state index >= 15 is 0 Å². The summed E-state index contributed by atoms with van der Waals surface area (Å²) >= 11 is 0. The van der Waals surface area contributed by atoms with Crippen LogP contribution in [0.2, 0.25) is 0 Å². The number of aliphatic hydroxyl groups excluding tert-OH is 1. The van der Waals surface area contributed by atoms with Gasteiger partial charge in [0.1, 0.15) is 13.6 Å². The average Bonchev–Trinajstić information content (AvgIpc) is 2.71. The van der Waals surface area contributed by atoms with Gasteiger partial charge in [0.05, 0.1) is 32.5 Å². The molecule has 0 aliphatic rings. The maximum atomic E-state index is 11.9. The van der Waals surface area contributed by atoms with Crippen molar-refractivity contribution >= 4 is 11.9 Å². The second-order valence-corrected chi connectivity index (χ2v) is 5.71. The molecule has 0 amide bonds. The lowest BCUT2D eigenvalue weighted by molar-refractivity contribution is -0.182. The van der Waals surface area contributed by atoms with Gasteiger partial charge in [0, 0.05) is 41.3 Å². The number of hydrogen-bond acceptors (Lipinski definition) is 11. The van der Waals surface area contributed by atoms with Crippen molar-refractivity contribution in [3.8, 4) is 0 Å². The van der Waals surface area contributed by atoms with E-state index in [1.165, 1.54) is 42.7 Å². The number of hydrogen-bond donors (Lipinski definition) is 1. The summed E-state index contributed by atoms with van der Waals surface area (Å²) in [5.74, 6) is -1.34. The summed E-state index contributed by atoms with van der Waals surface area (Å²) in [5.41, 5.74) is 0. The van der Waals surface area contributed by atoms with Crippen LogP contribution < -0.4 is 0 Å². The molecule has 4 atom stereocenters. The van der Waals surface area contributed by atoms with Gasteiger partial charge in [0.25, 0.3) is 0 Å². The summed E-state index contributed by atoms with van der Waals surface area (Å²) in [5, 5.41) is 10.5. The first-order chi connectivity index (χ1) is 13.4. The van der Waals surface area contributed by atoms with E-state index in [9.17, 15) is 14.7 Å². The van der Waals surface area contributed by atoms with Gasteiger partial charge in [-0.2, -0.15) is 0 Å². The topological polar surface area (TPSA) is 128 Å². The largest absolute Gasteiger partial charge is 0.467 e. The monoisotopic (exact) mass is 412 g/mol. The lowest BCUT2D eigenvalue weighted by Gasteiger charge is -2.29. The van der Waals surface area contributed by atoms with Crippen LogP contribution in [0.15, 0.2) is 0 Å². The molecule has 0 aromatic carbocycles. The van der Waals surface area contributed by atoms with E-state index in [0.717, 1.165) is 0 Å². The fraction of sp³-hybridized carbons (Fsp3) is 0.882. The van der Waals surface area contributed by atoms with Gasteiger partial charge in [-0.15, -0.1) is 0 Å². The van der Waals surface area contributed by atoms with Crippen molar-refractivity contribution in [2.45, 2.75) is 43.4 Å². The fourth-order valence-corrected chi connectivity index (χ4v) is 2.49. The van der Waals surface area contributed by atoms with Crippen molar-refractivity contribution < 1.29 is 52.6 Å². The van der Waals surface area contributed by atoms with Crippen LogP contribution in [-0.2, 0) is 47.5 Å². The Kier molecular flexibility index (Phi) is 14.8. The molecule has 0 aliphatic carbocycles. The number of aliphatic hydroxyl groups is 1. The maximum absolute atomic E-state index is 11.9. The summed E-state index contributed by atoms with van der Waals surface area (Å²) < 4.78 is 40.2. The van der Waals surface area contributed by atoms with Gasteiger partial charge in [0.15, 0.2) is 12.2 Å². The number of esters is 2. The van der Waals surface area contributed by atoms with Crippen LogP contribution in [0, 0.1) is 0 Å². The lowest BCUT2D eigenvalue weighted by atomic mass is 9.99. The van der Waals surface area contributed by atoms with Crippen LogP contribution in [0.1, 0.15) is 12.8 Å². The first kappa shape index (κ1) is 26.7. The van der Waals surface area contributed by atoms with E-state index in [0.29, 0.717) is 0 Å². The van der Waals surface area contributed by atoms with Crippen molar-refractivity contribution in [2.24, 2.45) is 0 Å². The van der Waals surface area contributed by atoms with Crippen LogP contribution in [0.3, 0.4) is 0 Å². The van der Waals surface area contributed by atoms with Crippen molar-refractivity contribution in [3.63, 3.8) is 0 Å². The molecule has 0 unspecified atom stereocenters. The first-order valence-corrected chi connectivity index (χ1v) is 8.50. The number of carbonyl (C=O) groups is 2. The molecule has 28 heavy (non-hydrogen) atoms. The smallest absolute Gasteiger partial charge is 0.337 e. The molecular formula is C17H32O11. The van der Waals surface area contributed by atoms with Crippen LogP contribution in [0.4, 0.5) is 0 Å². The zero-order valence-corrected chi connectivity index (χ0v) is 17.2.